The Kier molecular flexibility index (Phi) is 1.94. The number of carbonyl (C=O) groups is 1. The second-order valence-corrected chi connectivity index (χ2v) is 2.51. The van der Waals surface area contributed by atoms with Gasteiger partial charge in [0.1, 0.15) is 0 Å². The largest absolute Gasteiger partial charge is 0.475 e. The van der Waals surface area contributed by atoms with Gasteiger partial charge in [-0.3, -0.25) is 0 Å². The van der Waals surface area contributed by atoms with Gasteiger partial charge in [0.15, 0.2) is 5.82 Å². The highest BCUT2D eigenvalue weighted by molar-refractivity contribution is 5.83. The number of hydrogen-bond donors (Lipinski definition) is 2. The predicted molar refractivity (Wildman–Crippen MR) is 42.5 cm³/mol. The van der Waals surface area contributed by atoms with Crippen molar-refractivity contribution in [1.82, 2.24) is 30.2 Å². The molecule has 0 aromatic carbocycles. The molecule has 2 aromatic heterocycles. The Morgan fingerprint density at radius 2 is 2.50 bits per heavy atom. The highest BCUT2D eigenvalue weighted by atomic mass is 16.4. The molecule has 0 saturated heterocycles. The first kappa shape index (κ1) is 8.35. The fraction of sp³-hybridized carbons (Fsp3) is 0.167. The van der Waals surface area contributed by atoms with Gasteiger partial charge in [0.05, 0.1) is 6.54 Å². The van der Waals surface area contributed by atoms with Crippen LogP contribution in [-0.2, 0) is 6.54 Å². The molecule has 0 bridgehead atoms. The van der Waals surface area contributed by atoms with Crippen LogP contribution in [0.5, 0.6) is 0 Å². The first-order valence-electron chi connectivity index (χ1n) is 3.74. The van der Waals surface area contributed by atoms with Gasteiger partial charge >= 0.3 is 5.97 Å². The SMILES string of the molecule is O=C(O)c1nccn1Cc1nn[nH]n1. The molecule has 8 nitrogen and oxygen atoms in total. The summed E-state index contributed by atoms with van der Waals surface area (Å²) in [7, 11) is 0. The van der Waals surface area contributed by atoms with E-state index >= 15 is 0 Å². The normalized spacial score (nSPS) is 10.3. The van der Waals surface area contributed by atoms with Crippen molar-refractivity contribution in [2.75, 3.05) is 0 Å². The Labute approximate surface area is 77.6 Å². The van der Waals surface area contributed by atoms with Crippen LogP contribution in [-0.4, -0.2) is 41.3 Å². The van der Waals surface area contributed by atoms with Gasteiger partial charge in [-0.25, -0.2) is 9.78 Å². The maximum Gasteiger partial charge on any atom is 0.372 e. The number of aromatic carboxylic acids is 1. The number of aromatic amines is 1. The van der Waals surface area contributed by atoms with E-state index in [0.717, 1.165) is 0 Å². The lowest BCUT2D eigenvalue weighted by atomic mass is 10.5. The predicted octanol–water partition coefficient (Wildman–Crippen LogP) is -0.857. The van der Waals surface area contributed by atoms with Crippen LogP contribution < -0.4 is 0 Å². The minimum atomic E-state index is -1.08. The van der Waals surface area contributed by atoms with Crippen molar-refractivity contribution >= 4 is 5.97 Å². The Hall–Kier alpha value is -2.25. The first-order chi connectivity index (χ1) is 6.77. The van der Waals surface area contributed by atoms with Gasteiger partial charge in [-0.2, -0.15) is 5.21 Å². The highest BCUT2D eigenvalue weighted by Crippen LogP contribution is 1.99. The third-order valence-corrected chi connectivity index (χ3v) is 1.61. The summed E-state index contributed by atoms with van der Waals surface area (Å²) < 4.78 is 1.42. The van der Waals surface area contributed by atoms with Gasteiger partial charge in [0, 0.05) is 12.4 Å². The molecule has 0 radical (unpaired) electrons. The third-order valence-electron chi connectivity index (χ3n) is 1.61. The molecule has 0 spiro atoms. The number of H-pyrrole nitrogens is 1. The van der Waals surface area contributed by atoms with E-state index in [2.05, 4.69) is 25.6 Å². The van der Waals surface area contributed by atoms with Gasteiger partial charge in [0.25, 0.3) is 0 Å². The summed E-state index contributed by atoms with van der Waals surface area (Å²) in [6, 6.07) is 0. The zero-order valence-corrected chi connectivity index (χ0v) is 6.95. The quantitative estimate of drug-likeness (QED) is 0.658. The molecular weight excluding hydrogens is 188 g/mol. The number of rotatable bonds is 3. The van der Waals surface area contributed by atoms with Gasteiger partial charge in [0.2, 0.25) is 5.82 Å². The van der Waals surface area contributed by atoms with Crippen LogP contribution in [0.25, 0.3) is 0 Å². The van der Waals surface area contributed by atoms with Gasteiger partial charge in [-0.05, 0) is 0 Å². The van der Waals surface area contributed by atoms with Crippen molar-refractivity contribution in [3.63, 3.8) is 0 Å². The number of imidazole rings is 1. The zero-order chi connectivity index (χ0) is 9.97. The van der Waals surface area contributed by atoms with Crippen molar-refractivity contribution in [2.24, 2.45) is 0 Å². The fourth-order valence-electron chi connectivity index (χ4n) is 1.04. The molecule has 0 aliphatic carbocycles. The summed E-state index contributed by atoms with van der Waals surface area (Å²) >= 11 is 0. The van der Waals surface area contributed by atoms with Crippen LogP contribution in [0.3, 0.4) is 0 Å². The van der Waals surface area contributed by atoms with Crippen molar-refractivity contribution < 1.29 is 9.90 Å². The van der Waals surface area contributed by atoms with E-state index in [9.17, 15) is 4.79 Å². The summed E-state index contributed by atoms with van der Waals surface area (Å²) in [6.07, 6.45) is 2.95. The Morgan fingerprint density at radius 3 is 3.14 bits per heavy atom. The fourth-order valence-corrected chi connectivity index (χ4v) is 1.04. The topological polar surface area (TPSA) is 110 Å². The number of tetrazole rings is 1. The summed E-state index contributed by atoms with van der Waals surface area (Å²) in [5.74, 6) is -0.723. The zero-order valence-electron chi connectivity index (χ0n) is 6.95. The smallest absolute Gasteiger partial charge is 0.372 e. The third kappa shape index (κ3) is 1.44. The minimum Gasteiger partial charge on any atom is -0.475 e. The molecular formula is C6H6N6O2. The van der Waals surface area contributed by atoms with E-state index in [1.807, 2.05) is 0 Å². The van der Waals surface area contributed by atoms with Crippen molar-refractivity contribution in [1.29, 1.82) is 0 Å². The van der Waals surface area contributed by atoms with Crippen molar-refractivity contribution in [3.8, 4) is 0 Å². The standard InChI is InChI=1S/C6H6N6O2/c13-6(14)5-7-1-2-12(5)3-4-8-10-11-9-4/h1-2H,3H2,(H,13,14)(H,8,9,10,11). The lowest BCUT2D eigenvalue weighted by Gasteiger charge is -1.99. The molecule has 14 heavy (non-hydrogen) atoms. The van der Waals surface area contributed by atoms with E-state index < -0.39 is 5.97 Å². The van der Waals surface area contributed by atoms with Gasteiger partial charge in [-0.15, -0.1) is 10.2 Å². The van der Waals surface area contributed by atoms with Crippen LogP contribution in [0.15, 0.2) is 12.4 Å². The molecule has 72 valence electrons. The van der Waals surface area contributed by atoms with E-state index in [1.54, 1.807) is 6.20 Å². The second kappa shape index (κ2) is 3.24. The summed E-state index contributed by atoms with van der Waals surface area (Å²) in [5, 5.41) is 21.8. The lowest BCUT2D eigenvalue weighted by molar-refractivity contribution is 0.0678. The van der Waals surface area contributed by atoms with Gasteiger partial charge in [-0.1, -0.05) is 5.21 Å². The molecule has 2 rings (SSSR count). The molecule has 2 heterocycles. The van der Waals surface area contributed by atoms with E-state index in [-0.39, 0.29) is 12.4 Å². The maximum atomic E-state index is 10.7. The number of hydrogen-bond acceptors (Lipinski definition) is 5. The molecule has 0 aliphatic rings. The Bertz CT molecular complexity index is 433. The molecule has 0 unspecified atom stereocenters. The Balaban J connectivity index is 2.25. The van der Waals surface area contributed by atoms with Crippen LogP contribution in [0.4, 0.5) is 0 Å². The van der Waals surface area contributed by atoms with Gasteiger partial charge < -0.3 is 9.67 Å². The van der Waals surface area contributed by atoms with E-state index in [0.29, 0.717) is 5.82 Å². The summed E-state index contributed by atoms with van der Waals surface area (Å²) in [6.45, 7) is 0.234. The van der Waals surface area contributed by atoms with Crippen LogP contribution in [0.1, 0.15) is 16.4 Å². The number of carboxylic acids is 1. The molecule has 8 heteroatoms. The molecule has 0 amide bonds. The molecule has 0 aliphatic heterocycles. The second-order valence-electron chi connectivity index (χ2n) is 2.51. The average Bonchev–Trinajstić information content (AvgIpc) is 2.75. The number of carboxylic acid groups (broad SMARTS) is 1. The number of nitrogens with zero attached hydrogens (tertiary/aromatic N) is 5. The van der Waals surface area contributed by atoms with Crippen LogP contribution in [0, 0.1) is 0 Å². The molecule has 0 saturated carbocycles. The summed E-state index contributed by atoms with van der Waals surface area (Å²) in [4.78, 5) is 14.3. The van der Waals surface area contributed by atoms with E-state index in [4.69, 9.17) is 5.11 Å². The number of aromatic nitrogens is 6. The molecule has 0 fully saturated rings. The Morgan fingerprint density at radius 1 is 1.64 bits per heavy atom. The molecule has 2 aromatic rings. The monoisotopic (exact) mass is 194 g/mol. The molecule has 0 atom stereocenters. The minimum absolute atomic E-state index is 0.0465. The van der Waals surface area contributed by atoms with Crippen molar-refractivity contribution in [3.05, 3.63) is 24.0 Å². The average molecular weight is 194 g/mol. The van der Waals surface area contributed by atoms with Crippen LogP contribution >= 0.6 is 0 Å². The van der Waals surface area contributed by atoms with E-state index in [1.165, 1.54) is 10.8 Å². The highest BCUT2D eigenvalue weighted by Gasteiger charge is 2.11. The first-order valence-corrected chi connectivity index (χ1v) is 3.74. The summed E-state index contributed by atoms with van der Waals surface area (Å²) in [5.41, 5.74) is 0. The lowest BCUT2D eigenvalue weighted by Crippen LogP contribution is -2.10. The van der Waals surface area contributed by atoms with Crippen molar-refractivity contribution in [2.45, 2.75) is 6.54 Å². The van der Waals surface area contributed by atoms with Crippen LogP contribution in [0.2, 0.25) is 0 Å². The maximum absolute atomic E-state index is 10.7. The molecule has 2 N–H and O–H groups in total. The number of nitrogens with one attached hydrogen (secondary N) is 1.